The molecule has 2 heterocycles. The minimum atomic E-state index is -4.37. The van der Waals surface area contributed by atoms with Gasteiger partial charge in [-0.25, -0.2) is 0 Å². The molecular formula is C23H24F3N3O2S. The molecule has 1 saturated heterocycles. The number of carbonyl (C=O) groups excluding carboxylic acids is 2. The van der Waals surface area contributed by atoms with Gasteiger partial charge in [0.25, 0.3) is 0 Å². The number of hydrogen-bond acceptors (Lipinski definition) is 4. The molecule has 2 amide bonds. The van der Waals surface area contributed by atoms with Gasteiger partial charge in [-0.05, 0) is 36.8 Å². The topological polar surface area (TPSA) is 43.9 Å². The van der Waals surface area contributed by atoms with Crippen molar-refractivity contribution in [1.29, 1.82) is 0 Å². The average Bonchev–Trinajstić information content (AvgIpc) is 2.80. The normalized spacial score (nSPS) is 16.8. The second-order valence-electron chi connectivity index (χ2n) is 7.82. The van der Waals surface area contributed by atoms with E-state index >= 15 is 0 Å². The summed E-state index contributed by atoms with van der Waals surface area (Å²) in [5.74, 6) is 0.472. The van der Waals surface area contributed by atoms with Crippen LogP contribution >= 0.6 is 11.8 Å². The number of thioether (sulfide) groups is 1. The van der Waals surface area contributed by atoms with Crippen molar-refractivity contribution in [3.63, 3.8) is 0 Å². The van der Waals surface area contributed by atoms with E-state index in [0.717, 1.165) is 22.7 Å². The van der Waals surface area contributed by atoms with Gasteiger partial charge in [0.1, 0.15) is 0 Å². The number of alkyl halides is 3. The monoisotopic (exact) mass is 463 g/mol. The van der Waals surface area contributed by atoms with E-state index in [9.17, 15) is 22.8 Å². The molecule has 2 aromatic rings. The highest BCUT2D eigenvalue weighted by molar-refractivity contribution is 8.00. The van der Waals surface area contributed by atoms with E-state index in [-0.39, 0.29) is 11.8 Å². The zero-order valence-electron chi connectivity index (χ0n) is 17.5. The molecular weight excluding hydrogens is 439 g/mol. The first kappa shape index (κ1) is 22.5. The van der Waals surface area contributed by atoms with Crippen LogP contribution in [0.25, 0.3) is 0 Å². The Labute approximate surface area is 189 Å². The Morgan fingerprint density at radius 2 is 1.75 bits per heavy atom. The van der Waals surface area contributed by atoms with Crippen molar-refractivity contribution < 1.29 is 22.8 Å². The van der Waals surface area contributed by atoms with Crippen LogP contribution in [0.15, 0.2) is 53.4 Å². The van der Waals surface area contributed by atoms with E-state index in [4.69, 9.17) is 0 Å². The highest BCUT2D eigenvalue weighted by Gasteiger charge is 2.31. The molecule has 0 radical (unpaired) electrons. The molecule has 0 saturated carbocycles. The molecule has 32 heavy (non-hydrogen) atoms. The molecule has 2 aliphatic rings. The van der Waals surface area contributed by atoms with E-state index < -0.39 is 11.7 Å². The Hall–Kier alpha value is -2.68. The van der Waals surface area contributed by atoms with Crippen molar-refractivity contribution in [2.24, 2.45) is 0 Å². The summed E-state index contributed by atoms with van der Waals surface area (Å²) in [5, 5.41) is 0. The highest BCUT2D eigenvalue weighted by Crippen LogP contribution is 2.35. The molecule has 0 bridgehead atoms. The van der Waals surface area contributed by atoms with E-state index in [1.165, 1.54) is 17.8 Å². The van der Waals surface area contributed by atoms with Gasteiger partial charge < -0.3 is 14.7 Å². The van der Waals surface area contributed by atoms with Crippen molar-refractivity contribution >= 4 is 35.0 Å². The lowest BCUT2D eigenvalue weighted by Gasteiger charge is -2.36. The number of piperazine rings is 1. The number of rotatable bonds is 5. The quantitative estimate of drug-likeness (QED) is 0.664. The molecule has 0 spiro atoms. The number of benzene rings is 2. The van der Waals surface area contributed by atoms with E-state index in [1.807, 2.05) is 29.2 Å². The fraction of sp³-hybridized carbons (Fsp3) is 0.391. The smallest absolute Gasteiger partial charge is 0.368 e. The summed E-state index contributed by atoms with van der Waals surface area (Å²) in [6, 6.07) is 13.1. The maximum Gasteiger partial charge on any atom is 0.416 e. The second kappa shape index (κ2) is 9.44. The van der Waals surface area contributed by atoms with Gasteiger partial charge in [0.05, 0.1) is 17.0 Å². The fourth-order valence-corrected chi connectivity index (χ4v) is 4.97. The average molecular weight is 464 g/mol. The summed E-state index contributed by atoms with van der Waals surface area (Å²) in [5.41, 5.74) is 0.753. The van der Waals surface area contributed by atoms with Crippen LogP contribution in [0, 0.1) is 0 Å². The van der Waals surface area contributed by atoms with Crippen LogP contribution in [0.2, 0.25) is 0 Å². The number of para-hydroxylation sites is 1. The Kier molecular flexibility index (Phi) is 6.64. The Morgan fingerprint density at radius 3 is 2.50 bits per heavy atom. The molecule has 2 aliphatic heterocycles. The predicted molar refractivity (Wildman–Crippen MR) is 119 cm³/mol. The zero-order chi connectivity index (χ0) is 22.7. The summed E-state index contributed by atoms with van der Waals surface area (Å²) in [7, 11) is 0. The molecule has 0 aromatic heterocycles. The van der Waals surface area contributed by atoms with E-state index in [1.54, 1.807) is 15.9 Å². The van der Waals surface area contributed by atoms with Crippen molar-refractivity contribution in [1.82, 2.24) is 4.90 Å². The molecule has 1 fully saturated rings. The summed E-state index contributed by atoms with van der Waals surface area (Å²) < 4.78 is 38.9. The first-order valence-electron chi connectivity index (χ1n) is 10.5. The molecule has 0 unspecified atom stereocenters. The number of hydrogen-bond donors (Lipinski definition) is 0. The van der Waals surface area contributed by atoms with Crippen LogP contribution in [-0.4, -0.2) is 55.2 Å². The SMILES string of the molecule is O=C(CCCN1C(=O)CSc2ccccc21)N1CCN(c2cccc(C(F)(F)F)c2)CC1. The van der Waals surface area contributed by atoms with Gasteiger partial charge >= 0.3 is 6.18 Å². The van der Waals surface area contributed by atoms with Gasteiger partial charge in [-0.15, -0.1) is 11.8 Å². The third kappa shape index (κ3) is 5.03. The number of anilines is 2. The molecule has 0 atom stereocenters. The lowest BCUT2D eigenvalue weighted by atomic mass is 10.1. The molecule has 4 rings (SSSR count). The van der Waals surface area contributed by atoms with E-state index in [0.29, 0.717) is 57.0 Å². The summed E-state index contributed by atoms with van der Waals surface area (Å²) in [6.45, 7) is 2.41. The number of amides is 2. The number of fused-ring (bicyclic) bond motifs is 1. The second-order valence-corrected chi connectivity index (χ2v) is 8.84. The van der Waals surface area contributed by atoms with E-state index in [2.05, 4.69) is 0 Å². The summed E-state index contributed by atoms with van der Waals surface area (Å²) in [4.78, 5) is 31.4. The third-order valence-electron chi connectivity index (χ3n) is 5.75. The summed E-state index contributed by atoms with van der Waals surface area (Å²) >= 11 is 1.53. The minimum Gasteiger partial charge on any atom is -0.368 e. The Balaban J connectivity index is 1.27. The molecule has 170 valence electrons. The number of carbonyl (C=O) groups is 2. The minimum absolute atomic E-state index is 0.0146. The van der Waals surface area contributed by atoms with Crippen molar-refractivity contribution in [3.05, 3.63) is 54.1 Å². The fourth-order valence-electron chi connectivity index (χ4n) is 4.04. The maximum atomic E-state index is 13.0. The van der Waals surface area contributed by atoms with Crippen LogP contribution in [0.3, 0.4) is 0 Å². The lowest BCUT2D eigenvalue weighted by Crippen LogP contribution is -2.49. The standard InChI is InChI=1S/C23H24F3N3O2S/c24-23(25,26)17-5-3-6-18(15-17)27-11-13-28(14-12-27)21(30)9-4-10-29-19-7-1-2-8-20(19)32-16-22(29)31/h1-3,5-8,15H,4,9-14,16H2. The van der Waals surface area contributed by atoms with Gasteiger partial charge in [0.2, 0.25) is 11.8 Å². The first-order chi connectivity index (χ1) is 15.3. The largest absolute Gasteiger partial charge is 0.416 e. The van der Waals surface area contributed by atoms with Crippen LogP contribution in [0.5, 0.6) is 0 Å². The number of nitrogens with zero attached hydrogens (tertiary/aromatic N) is 3. The van der Waals surface area contributed by atoms with Crippen LogP contribution in [0.1, 0.15) is 18.4 Å². The maximum absolute atomic E-state index is 13.0. The van der Waals surface area contributed by atoms with Crippen molar-refractivity contribution in [2.45, 2.75) is 23.9 Å². The first-order valence-corrected chi connectivity index (χ1v) is 11.5. The molecule has 0 N–H and O–H groups in total. The van der Waals surface area contributed by atoms with Gasteiger partial charge in [-0.2, -0.15) is 13.2 Å². The zero-order valence-corrected chi connectivity index (χ0v) is 18.3. The molecule has 2 aromatic carbocycles. The number of halogens is 3. The van der Waals surface area contributed by atoms with Gasteiger partial charge in [0.15, 0.2) is 0 Å². The van der Waals surface area contributed by atoms with Gasteiger partial charge in [0, 0.05) is 49.7 Å². The third-order valence-corrected chi connectivity index (χ3v) is 6.80. The van der Waals surface area contributed by atoms with Crippen LogP contribution < -0.4 is 9.80 Å². The van der Waals surface area contributed by atoms with Crippen LogP contribution in [0.4, 0.5) is 24.5 Å². The summed E-state index contributed by atoms with van der Waals surface area (Å²) in [6.07, 6.45) is -3.47. The Morgan fingerprint density at radius 1 is 1.00 bits per heavy atom. The van der Waals surface area contributed by atoms with Crippen LogP contribution in [-0.2, 0) is 15.8 Å². The molecule has 5 nitrogen and oxygen atoms in total. The molecule has 0 aliphatic carbocycles. The predicted octanol–water partition coefficient (Wildman–Crippen LogP) is 4.27. The van der Waals surface area contributed by atoms with Crippen molar-refractivity contribution in [3.8, 4) is 0 Å². The Bertz CT molecular complexity index is 990. The lowest BCUT2D eigenvalue weighted by molar-refractivity contribution is -0.137. The van der Waals surface area contributed by atoms with Gasteiger partial charge in [-0.3, -0.25) is 9.59 Å². The van der Waals surface area contributed by atoms with Gasteiger partial charge in [-0.1, -0.05) is 18.2 Å². The van der Waals surface area contributed by atoms with Crippen molar-refractivity contribution in [2.75, 3.05) is 48.3 Å². The molecule has 9 heteroatoms. The highest BCUT2D eigenvalue weighted by atomic mass is 32.2.